The fourth-order valence-corrected chi connectivity index (χ4v) is 3.05. The number of hydrogen-bond acceptors (Lipinski definition) is 4. The molecule has 0 bridgehead atoms. The summed E-state index contributed by atoms with van der Waals surface area (Å²) in [7, 11) is 1.97. The Labute approximate surface area is 150 Å². The van der Waals surface area contributed by atoms with Crippen LogP contribution in [0.2, 0.25) is 0 Å². The van der Waals surface area contributed by atoms with Crippen molar-refractivity contribution >= 4 is 16.9 Å². The predicted molar refractivity (Wildman–Crippen MR) is 98.4 cm³/mol. The minimum atomic E-state index is -0.286. The van der Waals surface area contributed by atoms with Gasteiger partial charge in [-0.15, -0.1) is 0 Å². The average molecular weight is 346 g/mol. The van der Waals surface area contributed by atoms with Crippen LogP contribution in [0.15, 0.2) is 71.4 Å². The van der Waals surface area contributed by atoms with Crippen LogP contribution in [0.3, 0.4) is 0 Å². The Kier molecular flexibility index (Phi) is 4.27. The SMILES string of the molecule is Cn1cc(CC(=O)OCc2cc(-c3ccccc3)on2)c2ccccc21. The molecule has 0 atom stereocenters. The first-order valence-corrected chi connectivity index (χ1v) is 8.40. The maximum absolute atomic E-state index is 12.2. The van der Waals surface area contributed by atoms with E-state index in [4.69, 9.17) is 9.26 Å². The first kappa shape index (κ1) is 16.1. The van der Waals surface area contributed by atoms with Gasteiger partial charge in [-0.3, -0.25) is 4.79 Å². The van der Waals surface area contributed by atoms with Gasteiger partial charge in [-0.25, -0.2) is 0 Å². The molecule has 0 saturated carbocycles. The maximum Gasteiger partial charge on any atom is 0.310 e. The monoisotopic (exact) mass is 346 g/mol. The Bertz CT molecular complexity index is 1050. The standard InChI is InChI=1S/C21H18N2O3/c1-23-13-16(18-9-5-6-10-19(18)23)11-21(24)25-14-17-12-20(26-22-17)15-7-3-2-4-8-15/h2-10,12-13H,11,14H2,1H3. The Balaban J connectivity index is 1.41. The Morgan fingerprint density at radius 3 is 2.73 bits per heavy atom. The van der Waals surface area contributed by atoms with Crippen LogP contribution in [0.4, 0.5) is 0 Å². The summed E-state index contributed by atoms with van der Waals surface area (Å²) < 4.78 is 12.7. The molecule has 0 N–H and O–H groups in total. The summed E-state index contributed by atoms with van der Waals surface area (Å²) >= 11 is 0. The van der Waals surface area contributed by atoms with Gasteiger partial charge >= 0.3 is 5.97 Å². The average Bonchev–Trinajstić information content (AvgIpc) is 3.27. The molecule has 2 aromatic heterocycles. The largest absolute Gasteiger partial charge is 0.459 e. The summed E-state index contributed by atoms with van der Waals surface area (Å²) in [6, 6.07) is 19.5. The number of ether oxygens (including phenoxy) is 1. The second-order valence-corrected chi connectivity index (χ2v) is 6.17. The quantitative estimate of drug-likeness (QED) is 0.510. The van der Waals surface area contributed by atoms with Crippen molar-refractivity contribution in [1.29, 1.82) is 0 Å². The van der Waals surface area contributed by atoms with Crippen LogP contribution in [0.1, 0.15) is 11.3 Å². The molecule has 0 saturated heterocycles. The molecule has 5 nitrogen and oxygen atoms in total. The van der Waals surface area contributed by atoms with Crippen LogP contribution in [0.5, 0.6) is 0 Å². The molecule has 0 unspecified atom stereocenters. The normalized spacial score (nSPS) is 11.0. The van der Waals surface area contributed by atoms with Crippen LogP contribution < -0.4 is 0 Å². The van der Waals surface area contributed by atoms with Crippen molar-refractivity contribution in [2.75, 3.05) is 0 Å². The fourth-order valence-electron chi connectivity index (χ4n) is 3.05. The van der Waals surface area contributed by atoms with E-state index < -0.39 is 0 Å². The Hall–Kier alpha value is -3.34. The molecule has 26 heavy (non-hydrogen) atoms. The van der Waals surface area contributed by atoms with E-state index in [1.54, 1.807) is 6.07 Å². The van der Waals surface area contributed by atoms with E-state index in [0.29, 0.717) is 11.5 Å². The summed E-state index contributed by atoms with van der Waals surface area (Å²) in [4.78, 5) is 12.2. The Morgan fingerprint density at radius 2 is 1.88 bits per heavy atom. The van der Waals surface area contributed by atoms with Gasteiger partial charge in [0.2, 0.25) is 0 Å². The lowest BCUT2D eigenvalue weighted by molar-refractivity contribution is -0.144. The van der Waals surface area contributed by atoms with Crippen molar-refractivity contribution in [1.82, 2.24) is 9.72 Å². The first-order chi connectivity index (χ1) is 12.7. The van der Waals surface area contributed by atoms with Gasteiger partial charge in [-0.1, -0.05) is 53.7 Å². The summed E-state index contributed by atoms with van der Waals surface area (Å²) in [6.07, 6.45) is 2.19. The third-order valence-electron chi connectivity index (χ3n) is 4.31. The van der Waals surface area contributed by atoms with Crippen molar-refractivity contribution in [3.8, 4) is 11.3 Å². The predicted octanol–water partition coefficient (Wildman–Crippen LogP) is 4.12. The van der Waals surface area contributed by atoms with Gasteiger partial charge in [0.15, 0.2) is 5.76 Å². The van der Waals surface area contributed by atoms with E-state index in [2.05, 4.69) is 5.16 Å². The highest BCUT2D eigenvalue weighted by Gasteiger charge is 2.13. The highest BCUT2D eigenvalue weighted by Crippen LogP contribution is 2.22. The number of benzene rings is 2. The zero-order valence-corrected chi connectivity index (χ0v) is 14.4. The van der Waals surface area contributed by atoms with Crippen LogP contribution in [-0.2, 0) is 29.6 Å². The molecule has 5 heteroatoms. The summed E-state index contributed by atoms with van der Waals surface area (Å²) in [5, 5.41) is 5.04. The van der Waals surface area contributed by atoms with E-state index in [1.807, 2.05) is 72.4 Å². The highest BCUT2D eigenvalue weighted by atomic mass is 16.5. The third-order valence-corrected chi connectivity index (χ3v) is 4.31. The first-order valence-electron chi connectivity index (χ1n) is 8.40. The molecule has 2 heterocycles. The van der Waals surface area contributed by atoms with E-state index in [-0.39, 0.29) is 19.0 Å². The number of para-hydroxylation sites is 1. The van der Waals surface area contributed by atoms with E-state index in [9.17, 15) is 4.79 Å². The number of fused-ring (bicyclic) bond motifs is 1. The van der Waals surface area contributed by atoms with Crippen molar-refractivity contribution < 1.29 is 14.1 Å². The summed E-state index contributed by atoms with van der Waals surface area (Å²) in [6.45, 7) is 0.0972. The maximum atomic E-state index is 12.2. The fraction of sp³-hybridized carbons (Fsp3) is 0.143. The minimum absolute atomic E-state index is 0.0972. The van der Waals surface area contributed by atoms with Crippen molar-refractivity contribution in [2.45, 2.75) is 13.0 Å². The number of esters is 1. The third kappa shape index (κ3) is 3.24. The second kappa shape index (κ2) is 6.88. The van der Waals surface area contributed by atoms with Crippen molar-refractivity contribution in [2.24, 2.45) is 7.05 Å². The van der Waals surface area contributed by atoms with Gasteiger partial charge in [-0.2, -0.15) is 0 Å². The molecule has 0 radical (unpaired) electrons. The number of rotatable bonds is 5. The van der Waals surface area contributed by atoms with Gasteiger partial charge in [0.05, 0.1) is 6.42 Å². The lowest BCUT2D eigenvalue weighted by Gasteiger charge is -2.01. The van der Waals surface area contributed by atoms with Crippen LogP contribution >= 0.6 is 0 Å². The number of carbonyl (C=O) groups is 1. The molecule has 0 aliphatic carbocycles. The molecule has 4 rings (SSSR count). The molecule has 0 aliphatic heterocycles. The highest BCUT2D eigenvalue weighted by molar-refractivity contribution is 5.87. The topological polar surface area (TPSA) is 57.3 Å². The number of carbonyl (C=O) groups excluding carboxylic acids is 1. The van der Waals surface area contributed by atoms with E-state index >= 15 is 0 Å². The van der Waals surface area contributed by atoms with Gasteiger partial charge in [0.25, 0.3) is 0 Å². The van der Waals surface area contributed by atoms with Gasteiger partial charge in [0.1, 0.15) is 12.3 Å². The van der Waals surface area contributed by atoms with Gasteiger partial charge < -0.3 is 13.8 Å². The molecule has 0 spiro atoms. The lowest BCUT2D eigenvalue weighted by atomic mass is 10.1. The second-order valence-electron chi connectivity index (χ2n) is 6.17. The summed E-state index contributed by atoms with van der Waals surface area (Å²) in [5.74, 6) is 0.372. The lowest BCUT2D eigenvalue weighted by Crippen LogP contribution is -2.07. The number of hydrogen-bond donors (Lipinski definition) is 0. The zero-order chi connectivity index (χ0) is 17.9. The van der Waals surface area contributed by atoms with Crippen molar-refractivity contribution in [3.05, 3.63) is 78.1 Å². The van der Waals surface area contributed by atoms with Crippen LogP contribution in [0, 0.1) is 0 Å². The Morgan fingerprint density at radius 1 is 1.12 bits per heavy atom. The minimum Gasteiger partial charge on any atom is -0.459 e. The molecule has 0 amide bonds. The van der Waals surface area contributed by atoms with E-state index in [1.165, 1.54) is 0 Å². The number of aromatic nitrogens is 2. The molecule has 2 aromatic carbocycles. The number of aryl methyl sites for hydroxylation is 1. The molecular weight excluding hydrogens is 328 g/mol. The van der Waals surface area contributed by atoms with Gasteiger partial charge in [0, 0.05) is 35.8 Å². The van der Waals surface area contributed by atoms with E-state index in [0.717, 1.165) is 22.0 Å². The molecule has 4 aromatic rings. The van der Waals surface area contributed by atoms with Crippen molar-refractivity contribution in [3.63, 3.8) is 0 Å². The molecule has 0 fully saturated rings. The smallest absolute Gasteiger partial charge is 0.310 e. The number of nitrogens with zero attached hydrogens (tertiary/aromatic N) is 2. The molecule has 130 valence electrons. The molecule has 0 aliphatic rings. The van der Waals surface area contributed by atoms with Gasteiger partial charge in [-0.05, 0) is 11.6 Å². The summed E-state index contributed by atoms with van der Waals surface area (Å²) in [5.41, 5.74) is 3.58. The molecular formula is C21H18N2O3. The van der Waals surface area contributed by atoms with Crippen LogP contribution in [-0.4, -0.2) is 15.7 Å². The van der Waals surface area contributed by atoms with Crippen LogP contribution in [0.25, 0.3) is 22.2 Å². The zero-order valence-electron chi connectivity index (χ0n) is 14.4.